The molecule has 4 heterocycles. The van der Waals surface area contributed by atoms with Gasteiger partial charge in [-0.3, -0.25) is 15.6 Å². The Hall–Kier alpha value is -4.53. The van der Waals surface area contributed by atoms with Gasteiger partial charge in [-0.15, -0.1) is 0 Å². The Kier molecular flexibility index (Phi) is 6.13. The van der Waals surface area contributed by atoms with Gasteiger partial charge in [0.05, 0.1) is 35.0 Å². The maximum atomic E-state index is 10.2. The molecule has 0 unspecified atom stereocenters. The first kappa shape index (κ1) is 24.8. The third-order valence-corrected chi connectivity index (χ3v) is 7.85. The summed E-state index contributed by atoms with van der Waals surface area (Å²) in [4.78, 5) is 11.6. The van der Waals surface area contributed by atoms with Crippen molar-refractivity contribution in [1.29, 1.82) is 10.7 Å². The van der Waals surface area contributed by atoms with Crippen molar-refractivity contribution in [1.82, 2.24) is 30.4 Å². The van der Waals surface area contributed by atoms with Gasteiger partial charge in [0.25, 0.3) is 0 Å². The predicted octanol–water partition coefficient (Wildman–Crippen LogP) is 4.61. The number of rotatable bonds is 5. The van der Waals surface area contributed by atoms with E-state index in [1.807, 2.05) is 24.3 Å². The topological polar surface area (TPSA) is 166 Å². The van der Waals surface area contributed by atoms with Crippen molar-refractivity contribution in [3.63, 3.8) is 0 Å². The zero-order chi connectivity index (χ0) is 27.1. The molecule has 1 aliphatic rings. The van der Waals surface area contributed by atoms with E-state index in [0.717, 1.165) is 11.1 Å². The van der Waals surface area contributed by atoms with Gasteiger partial charge in [0.15, 0.2) is 11.5 Å². The molecule has 0 aliphatic carbocycles. The first-order valence-corrected chi connectivity index (χ1v) is 12.9. The van der Waals surface area contributed by atoms with Crippen LogP contribution in [0.3, 0.4) is 0 Å². The van der Waals surface area contributed by atoms with Gasteiger partial charge in [-0.2, -0.15) is 15.5 Å². The van der Waals surface area contributed by atoms with Crippen molar-refractivity contribution in [3.8, 4) is 17.3 Å². The Morgan fingerprint density at radius 2 is 1.95 bits per heavy atom. The molecule has 0 spiro atoms. The third-order valence-electron chi connectivity index (χ3n) is 7.46. The molecule has 0 radical (unpaired) electrons. The number of nitrogens with zero attached hydrogens (tertiary/aromatic N) is 6. The maximum Gasteiger partial charge on any atom is 0.177 e. The number of fused-ring (bicyclic) bond motifs is 2. The summed E-state index contributed by atoms with van der Waals surface area (Å²) < 4.78 is 0. The van der Waals surface area contributed by atoms with Gasteiger partial charge in [-0.1, -0.05) is 30.7 Å². The highest BCUT2D eigenvalue weighted by Gasteiger charge is 2.36. The number of halogens is 1. The number of nitriles is 1. The summed E-state index contributed by atoms with van der Waals surface area (Å²) in [6, 6.07) is 13.0. The quantitative estimate of drug-likeness (QED) is 0.159. The van der Waals surface area contributed by atoms with E-state index in [-0.39, 0.29) is 12.0 Å². The minimum Gasteiger partial charge on any atom is -0.390 e. The van der Waals surface area contributed by atoms with Crippen LogP contribution in [0.25, 0.3) is 33.3 Å². The molecule has 1 fully saturated rings. The molecule has 5 aromatic rings. The van der Waals surface area contributed by atoms with Crippen LogP contribution in [0.4, 0.5) is 11.5 Å². The van der Waals surface area contributed by atoms with Crippen LogP contribution in [0.1, 0.15) is 31.0 Å². The fraction of sp³-hybridized carbons (Fsp3) is 0.259. The molecular formula is C27H25ClN10O. The standard InChI is InChI=1S/C27H25ClN10O/c1-27(26(30)32-17-5-2-15(12-29)3-6-17)8-10-38(11-9-27)25-19(14-39)33-23-22(36-37-24(23)34-25)18-7-4-16-13-31-35-21(16)20(18)28/h2-7,13,39H,8-11,14H2,1H3,(H2,30,32)(H,31,35)(H,34,36,37). The highest BCUT2D eigenvalue weighted by atomic mass is 35.5. The monoisotopic (exact) mass is 540 g/mol. The van der Waals surface area contributed by atoms with Crippen molar-refractivity contribution >= 4 is 51.0 Å². The number of aromatic amines is 2. The zero-order valence-electron chi connectivity index (χ0n) is 21.1. The molecule has 11 nitrogen and oxygen atoms in total. The number of H-pyrrole nitrogens is 2. The average molecular weight is 541 g/mol. The lowest BCUT2D eigenvalue weighted by Crippen LogP contribution is -2.45. The first-order chi connectivity index (χ1) is 18.9. The van der Waals surface area contributed by atoms with E-state index < -0.39 is 0 Å². The lowest BCUT2D eigenvalue weighted by molar-refractivity contribution is 0.276. The van der Waals surface area contributed by atoms with Crippen molar-refractivity contribution in [2.75, 3.05) is 23.3 Å². The normalized spacial score (nSPS) is 15.0. The van der Waals surface area contributed by atoms with Crippen LogP contribution >= 0.6 is 11.6 Å². The second kappa shape index (κ2) is 9.65. The molecule has 3 aromatic heterocycles. The van der Waals surface area contributed by atoms with Crippen LogP contribution in [0.2, 0.25) is 5.02 Å². The lowest BCUT2D eigenvalue weighted by Gasteiger charge is -2.40. The number of benzene rings is 2. The minimum atomic E-state index is -0.357. The van der Waals surface area contributed by atoms with Gasteiger partial charge in [0.2, 0.25) is 0 Å². The molecule has 1 aliphatic heterocycles. The Morgan fingerprint density at radius 1 is 1.18 bits per heavy atom. The molecule has 0 bridgehead atoms. The van der Waals surface area contributed by atoms with E-state index in [1.165, 1.54) is 0 Å². The van der Waals surface area contributed by atoms with Crippen LogP contribution in [0, 0.1) is 22.2 Å². The van der Waals surface area contributed by atoms with E-state index in [0.29, 0.717) is 81.8 Å². The van der Waals surface area contributed by atoms with Gasteiger partial charge in [0, 0.05) is 35.1 Å². The average Bonchev–Trinajstić information content (AvgIpc) is 3.61. The SMILES string of the molecule is CC1(C(=N)Nc2ccc(C#N)cc2)CCN(c2nc3[nH]nc(-c4ccc5cn[nH]c5c4Cl)c3nc2CO)CC1. The van der Waals surface area contributed by atoms with Crippen LogP contribution in [-0.4, -0.2) is 54.4 Å². The lowest BCUT2D eigenvalue weighted by atomic mass is 9.79. The fourth-order valence-corrected chi connectivity index (χ4v) is 5.26. The zero-order valence-corrected chi connectivity index (χ0v) is 21.8. The Balaban J connectivity index is 1.23. The number of aliphatic hydroxyl groups is 1. The van der Waals surface area contributed by atoms with Gasteiger partial charge in [-0.05, 0) is 37.1 Å². The molecule has 196 valence electrons. The van der Waals surface area contributed by atoms with Gasteiger partial charge in [0.1, 0.15) is 22.7 Å². The van der Waals surface area contributed by atoms with Crippen LogP contribution in [-0.2, 0) is 6.61 Å². The number of anilines is 2. The predicted molar refractivity (Wildman–Crippen MR) is 150 cm³/mol. The number of aliphatic hydroxyl groups excluding tert-OH is 1. The van der Waals surface area contributed by atoms with Crippen molar-refractivity contribution in [2.24, 2.45) is 5.41 Å². The number of aromatic nitrogens is 6. The molecule has 1 saturated heterocycles. The number of amidine groups is 1. The maximum absolute atomic E-state index is 10.2. The van der Waals surface area contributed by atoms with Crippen molar-refractivity contribution in [2.45, 2.75) is 26.4 Å². The summed E-state index contributed by atoms with van der Waals surface area (Å²) in [5.41, 5.74) is 4.44. The van der Waals surface area contributed by atoms with E-state index >= 15 is 0 Å². The largest absolute Gasteiger partial charge is 0.390 e. The molecule has 0 saturated carbocycles. The summed E-state index contributed by atoms with van der Waals surface area (Å²) in [6.45, 7) is 3.08. The summed E-state index contributed by atoms with van der Waals surface area (Å²) in [7, 11) is 0. The van der Waals surface area contributed by atoms with Crippen LogP contribution in [0.15, 0.2) is 42.6 Å². The molecule has 12 heteroatoms. The number of hydrogen-bond donors (Lipinski definition) is 5. The van der Waals surface area contributed by atoms with Crippen molar-refractivity contribution < 1.29 is 5.11 Å². The molecule has 39 heavy (non-hydrogen) atoms. The van der Waals surface area contributed by atoms with E-state index in [1.54, 1.807) is 18.3 Å². The number of nitrogens with one attached hydrogen (secondary N) is 4. The van der Waals surface area contributed by atoms with Crippen LogP contribution < -0.4 is 10.2 Å². The molecule has 5 N–H and O–H groups in total. The number of piperidine rings is 1. The Morgan fingerprint density at radius 3 is 2.67 bits per heavy atom. The fourth-order valence-electron chi connectivity index (χ4n) is 4.96. The van der Waals surface area contributed by atoms with Crippen LogP contribution in [0.5, 0.6) is 0 Å². The van der Waals surface area contributed by atoms with E-state index in [2.05, 4.69) is 43.6 Å². The van der Waals surface area contributed by atoms with Crippen molar-refractivity contribution in [3.05, 3.63) is 58.9 Å². The van der Waals surface area contributed by atoms with Gasteiger partial charge >= 0.3 is 0 Å². The first-order valence-electron chi connectivity index (χ1n) is 12.5. The number of hydrogen-bond acceptors (Lipinski definition) is 8. The summed E-state index contributed by atoms with van der Waals surface area (Å²) in [6.07, 6.45) is 3.14. The van der Waals surface area contributed by atoms with Gasteiger partial charge < -0.3 is 15.3 Å². The summed E-state index contributed by atoms with van der Waals surface area (Å²) in [5.74, 6) is 1.03. The molecule has 0 atom stereocenters. The second-order valence-electron chi connectivity index (χ2n) is 9.92. The highest BCUT2D eigenvalue weighted by molar-refractivity contribution is 6.38. The van der Waals surface area contributed by atoms with E-state index in [4.69, 9.17) is 32.2 Å². The summed E-state index contributed by atoms with van der Waals surface area (Å²) >= 11 is 6.65. The molecular weight excluding hydrogens is 516 g/mol. The second-order valence-corrected chi connectivity index (χ2v) is 10.3. The smallest absolute Gasteiger partial charge is 0.177 e. The van der Waals surface area contributed by atoms with Gasteiger partial charge in [-0.25, -0.2) is 9.97 Å². The van der Waals surface area contributed by atoms with E-state index in [9.17, 15) is 5.11 Å². The molecule has 2 aromatic carbocycles. The Bertz CT molecular complexity index is 1740. The highest BCUT2D eigenvalue weighted by Crippen LogP contribution is 2.38. The molecule has 0 amide bonds. The minimum absolute atomic E-state index is 0.278. The third kappa shape index (κ3) is 4.33. The Labute approximate surface area is 228 Å². The molecule has 6 rings (SSSR count). The summed E-state index contributed by atoms with van der Waals surface area (Å²) in [5, 5.41) is 46.9.